The summed E-state index contributed by atoms with van der Waals surface area (Å²) in [6.45, 7) is 7.81. The van der Waals surface area contributed by atoms with Crippen molar-refractivity contribution in [3.63, 3.8) is 0 Å². The van der Waals surface area contributed by atoms with E-state index >= 15 is 0 Å². The first-order chi connectivity index (χ1) is 25.6. The van der Waals surface area contributed by atoms with Crippen molar-refractivity contribution >= 4 is 36.1 Å². The zero-order chi connectivity index (χ0) is 39.9. The van der Waals surface area contributed by atoms with Crippen molar-refractivity contribution in [2.45, 2.75) is 40.0 Å². The van der Waals surface area contributed by atoms with Crippen LogP contribution in [0.1, 0.15) is 52.6 Å². The predicted molar refractivity (Wildman–Crippen MR) is 212 cm³/mol. The van der Waals surface area contributed by atoms with Gasteiger partial charge in [-0.25, -0.2) is 4.79 Å². The number of hydrogen-bond donors (Lipinski definition) is 0. The van der Waals surface area contributed by atoms with Crippen molar-refractivity contribution in [1.29, 1.82) is 0 Å². The summed E-state index contributed by atoms with van der Waals surface area (Å²) in [4.78, 5) is 58.2. The van der Waals surface area contributed by atoms with Crippen molar-refractivity contribution in [3.8, 4) is 0 Å². The minimum atomic E-state index is -1.52. The molecule has 0 aliphatic heterocycles. The molecule has 1 atom stereocenters. The molecular weight excluding hydrogens is 715 g/mol. The Morgan fingerprint density at radius 2 is 1.18 bits per heavy atom. The van der Waals surface area contributed by atoms with Crippen LogP contribution in [0.25, 0.3) is 6.08 Å². The van der Waals surface area contributed by atoms with Crippen LogP contribution in [0, 0.1) is 11.3 Å². The van der Waals surface area contributed by atoms with Gasteiger partial charge in [0.1, 0.15) is 6.61 Å². The molecule has 0 aliphatic carbocycles. The van der Waals surface area contributed by atoms with Gasteiger partial charge in [-0.1, -0.05) is 129 Å². The Balaban J connectivity index is -0.000000370. The molecule has 0 bridgehead atoms. The van der Waals surface area contributed by atoms with Gasteiger partial charge in [-0.2, -0.15) is 0 Å². The van der Waals surface area contributed by atoms with E-state index in [1.165, 1.54) is 35.5 Å². The van der Waals surface area contributed by atoms with E-state index in [0.717, 1.165) is 11.1 Å². The fraction of sp³-hybridized carbons (Fsp3) is 0.326. The number of carbonyl (C=O) groups excluding carboxylic acids is 5. The Kier molecular flexibility index (Phi) is 33.2. The van der Waals surface area contributed by atoms with E-state index in [1.807, 2.05) is 105 Å². The summed E-state index contributed by atoms with van der Waals surface area (Å²) in [6.07, 6.45) is 19.3. The maximum absolute atomic E-state index is 12.6. The average Bonchev–Trinajstić information content (AvgIpc) is 3.20. The molecule has 2 aromatic carbocycles. The van der Waals surface area contributed by atoms with Gasteiger partial charge in [0.05, 0.1) is 35.5 Å². The van der Waals surface area contributed by atoms with Gasteiger partial charge in [0.25, 0.3) is 0 Å². The molecule has 12 heteroatoms. The summed E-state index contributed by atoms with van der Waals surface area (Å²) in [5.74, 6) is -3.89. The fourth-order valence-electron chi connectivity index (χ4n) is 4.62. The molecule has 2 rings (SSSR count). The Bertz CT molecular complexity index is 1520. The van der Waals surface area contributed by atoms with Crippen molar-refractivity contribution in [2.75, 3.05) is 42.2 Å². The summed E-state index contributed by atoms with van der Waals surface area (Å²) in [5.41, 5.74) is 0.341. The van der Waals surface area contributed by atoms with Crippen molar-refractivity contribution in [1.82, 2.24) is 0 Å². The standard InChI is InChI=1S/C20H24O4.C11H16O4.C11H12O3.CH4.Na.H/c1-5-7-8-12-15-20(18(21)23-3,19(22)24-4)17(6-2)16-13-10-9-11-14-16;1-4-5-6-7-8-9(10(12)14-2)11(13)15-3;1-13-11(12)14-9-5-8-10-6-3-2-4-7-10;;;/h5-14,17H,2,15H2,1,3-4H3;4-7,9H,8H2,1-3H3;2-8H,9H2,1H3;1H4;;/q;;;;+1;-1/b7-5+,12-8+;5-4+,7-6+;8-5+;;;. The van der Waals surface area contributed by atoms with E-state index in [9.17, 15) is 24.0 Å². The van der Waals surface area contributed by atoms with Crippen LogP contribution in [0.4, 0.5) is 4.79 Å². The predicted octanol–water partition coefficient (Wildman–Crippen LogP) is 5.52. The minimum absolute atomic E-state index is 0. The van der Waals surface area contributed by atoms with Crippen LogP contribution >= 0.6 is 0 Å². The number of esters is 4. The van der Waals surface area contributed by atoms with Crippen LogP contribution in [0.3, 0.4) is 0 Å². The first-order valence-corrected chi connectivity index (χ1v) is 16.6. The number of carbonyl (C=O) groups is 5. The number of hydrogen-bond acceptors (Lipinski definition) is 11. The topological polar surface area (TPSA) is 141 Å². The third kappa shape index (κ3) is 20.3. The second-order valence-corrected chi connectivity index (χ2v) is 10.6. The molecule has 0 heterocycles. The number of benzene rings is 2. The number of methoxy groups -OCH3 is 5. The van der Waals surface area contributed by atoms with Gasteiger partial charge in [-0.15, -0.1) is 6.58 Å². The van der Waals surface area contributed by atoms with Crippen molar-refractivity contribution in [2.24, 2.45) is 11.3 Å². The molecule has 2 aromatic rings. The van der Waals surface area contributed by atoms with Gasteiger partial charge in [0.2, 0.25) is 0 Å². The summed E-state index contributed by atoms with van der Waals surface area (Å²) >= 11 is 0. The van der Waals surface area contributed by atoms with Gasteiger partial charge >= 0.3 is 59.6 Å². The second-order valence-electron chi connectivity index (χ2n) is 10.6. The van der Waals surface area contributed by atoms with E-state index in [0.29, 0.717) is 0 Å². The van der Waals surface area contributed by atoms with Gasteiger partial charge in [0, 0.05) is 5.92 Å². The van der Waals surface area contributed by atoms with E-state index in [2.05, 4.69) is 25.5 Å². The monoisotopic (exact) mass is 772 g/mol. The van der Waals surface area contributed by atoms with Gasteiger partial charge in [-0.3, -0.25) is 19.2 Å². The molecule has 0 aliphatic rings. The molecule has 0 radical (unpaired) electrons. The Morgan fingerprint density at radius 3 is 1.62 bits per heavy atom. The van der Waals surface area contributed by atoms with Crippen molar-refractivity contribution in [3.05, 3.63) is 139 Å². The maximum atomic E-state index is 12.6. The largest absolute Gasteiger partial charge is 1.00 e. The third-order valence-electron chi connectivity index (χ3n) is 7.26. The molecule has 0 spiro atoms. The Morgan fingerprint density at radius 1 is 0.691 bits per heavy atom. The summed E-state index contributed by atoms with van der Waals surface area (Å²) in [5, 5.41) is 0. The van der Waals surface area contributed by atoms with Crippen LogP contribution in [-0.4, -0.2) is 72.2 Å². The fourth-order valence-corrected chi connectivity index (χ4v) is 4.62. The normalized spacial score (nSPS) is 11.3. The maximum Gasteiger partial charge on any atom is 1.00 e. The molecule has 0 N–H and O–H groups in total. The third-order valence-corrected chi connectivity index (χ3v) is 7.26. The smallest absolute Gasteiger partial charge is 1.00 e. The molecule has 0 aromatic heterocycles. The molecular formula is C43H57NaO11. The van der Waals surface area contributed by atoms with Crippen LogP contribution in [0.15, 0.2) is 128 Å². The molecule has 0 saturated carbocycles. The summed E-state index contributed by atoms with van der Waals surface area (Å²) in [7, 11) is 6.30. The Hall–Kier alpha value is -4.97. The zero-order valence-electron chi connectivity index (χ0n) is 33.6. The first kappa shape index (κ1) is 54.4. The van der Waals surface area contributed by atoms with Gasteiger partial charge < -0.3 is 29.8 Å². The molecule has 55 heavy (non-hydrogen) atoms. The number of ether oxygens (including phenoxy) is 6. The SMILES string of the molecule is C.C/C=C/C=C/CC(C(=O)OC)C(=O)OC.C=CC(c1ccccc1)C(C/C=C/C=C/C)(C(=O)OC)C(=O)OC.COC(=O)OC/C=C/c1ccccc1.[H-].[Na+]. The molecule has 0 fully saturated rings. The molecule has 296 valence electrons. The number of rotatable bonds is 16. The van der Waals surface area contributed by atoms with Gasteiger partial charge in [0.15, 0.2) is 11.3 Å². The van der Waals surface area contributed by atoms with E-state index < -0.39 is 47.3 Å². The summed E-state index contributed by atoms with van der Waals surface area (Å²) < 4.78 is 27.9. The molecule has 11 nitrogen and oxygen atoms in total. The zero-order valence-corrected chi connectivity index (χ0v) is 34.6. The Labute approximate surface area is 350 Å². The van der Waals surface area contributed by atoms with E-state index in [1.54, 1.807) is 36.5 Å². The van der Waals surface area contributed by atoms with Crippen LogP contribution in [0.5, 0.6) is 0 Å². The average molecular weight is 773 g/mol. The quantitative estimate of drug-likeness (QED) is 0.0532. The van der Waals surface area contributed by atoms with Crippen LogP contribution in [-0.2, 0) is 47.6 Å². The first-order valence-electron chi connectivity index (χ1n) is 16.6. The summed E-state index contributed by atoms with van der Waals surface area (Å²) in [6, 6.07) is 19.0. The molecule has 0 saturated heterocycles. The van der Waals surface area contributed by atoms with Crippen molar-refractivity contribution < 1.29 is 83.4 Å². The van der Waals surface area contributed by atoms with Gasteiger partial charge in [-0.05, 0) is 43.9 Å². The molecule has 1 unspecified atom stereocenters. The molecule has 0 amide bonds. The van der Waals surface area contributed by atoms with Crippen LogP contribution in [0.2, 0.25) is 0 Å². The minimum Gasteiger partial charge on any atom is -1.00 e. The van der Waals surface area contributed by atoms with E-state index in [-0.39, 0.29) is 57.9 Å². The second kappa shape index (κ2) is 33.6. The number of allylic oxidation sites excluding steroid dienone is 9. The van der Waals surface area contributed by atoms with E-state index in [4.69, 9.17) is 9.47 Å². The van der Waals surface area contributed by atoms with Crippen LogP contribution < -0.4 is 29.6 Å².